The summed E-state index contributed by atoms with van der Waals surface area (Å²) in [6.07, 6.45) is -1.54. The number of hydrogen-bond acceptors (Lipinski definition) is 7. The van der Waals surface area contributed by atoms with Crippen molar-refractivity contribution in [2.75, 3.05) is 5.32 Å². The Bertz CT molecular complexity index is 1260. The Kier molecular flexibility index (Phi) is 7.16. The number of rotatable bonds is 9. The van der Waals surface area contributed by atoms with Crippen LogP contribution in [0.4, 0.5) is 11.4 Å². The van der Waals surface area contributed by atoms with Gasteiger partial charge in [0.1, 0.15) is 0 Å². The summed E-state index contributed by atoms with van der Waals surface area (Å²) in [6.45, 7) is 0. The summed E-state index contributed by atoms with van der Waals surface area (Å²) in [5, 5.41) is 22.3. The average Bonchev–Trinajstić information content (AvgIpc) is 2.79. The molecule has 3 rings (SSSR count). The molecule has 1 amide bonds. The number of nitrogens with one attached hydrogen (secondary N) is 1. The van der Waals surface area contributed by atoms with E-state index in [2.05, 4.69) is 5.32 Å². The van der Waals surface area contributed by atoms with E-state index in [4.69, 9.17) is 9.29 Å². The summed E-state index contributed by atoms with van der Waals surface area (Å²) in [6, 6.07) is 18.0. The summed E-state index contributed by atoms with van der Waals surface area (Å²) >= 11 is 0. The Morgan fingerprint density at radius 1 is 0.970 bits per heavy atom. The molecule has 0 aliphatic carbocycles. The van der Waals surface area contributed by atoms with Crippen molar-refractivity contribution in [1.29, 1.82) is 0 Å². The summed E-state index contributed by atoms with van der Waals surface area (Å²) in [7, 11) is -4.44. The maximum Gasteiger partial charge on any atom is 0.335 e. The van der Waals surface area contributed by atoms with Crippen LogP contribution in [0.15, 0.2) is 83.8 Å². The molecule has 2 N–H and O–H groups in total. The van der Waals surface area contributed by atoms with Crippen LogP contribution in [0.25, 0.3) is 0 Å². The first-order chi connectivity index (χ1) is 15.7. The highest BCUT2D eigenvalue weighted by atomic mass is 32.2. The Hall–Kier alpha value is -4.09. The quantitative estimate of drug-likeness (QED) is 0.274. The topological polar surface area (TPSA) is 153 Å². The van der Waals surface area contributed by atoms with Crippen molar-refractivity contribution in [3.63, 3.8) is 0 Å². The number of carbonyl (C=O) groups excluding carboxylic acids is 1. The molecule has 1 atom stereocenters. The van der Waals surface area contributed by atoms with Gasteiger partial charge in [-0.05, 0) is 42.0 Å². The van der Waals surface area contributed by atoms with E-state index in [1.54, 1.807) is 30.3 Å². The van der Waals surface area contributed by atoms with Gasteiger partial charge in [-0.15, -0.1) is 0 Å². The lowest BCUT2D eigenvalue weighted by Crippen LogP contribution is -2.34. The minimum Gasteiger partial charge on any atom is -0.478 e. The second kappa shape index (κ2) is 10.0. The van der Waals surface area contributed by atoms with Gasteiger partial charge in [-0.25, -0.2) is 4.79 Å². The third kappa shape index (κ3) is 6.21. The van der Waals surface area contributed by atoms with E-state index in [0.717, 1.165) is 24.3 Å². The fourth-order valence-electron chi connectivity index (χ4n) is 2.86. The van der Waals surface area contributed by atoms with E-state index in [0.29, 0.717) is 5.56 Å². The molecule has 33 heavy (non-hydrogen) atoms. The molecule has 0 bridgehead atoms. The number of benzene rings is 3. The van der Waals surface area contributed by atoms with Gasteiger partial charge in [0, 0.05) is 24.2 Å². The second-order valence-electron chi connectivity index (χ2n) is 6.85. The first-order valence-corrected chi connectivity index (χ1v) is 10.9. The predicted octanol–water partition coefficient (Wildman–Crippen LogP) is 3.25. The smallest absolute Gasteiger partial charge is 0.335 e. The molecule has 0 aromatic heterocycles. The average molecular weight is 470 g/mol. The molecule has 10 nitrogen and oxygen atoms in total. The molecule has 3 aromatic carbocycles. The SMILES string of the molecule is O=C(O)c1ccc(NC(=O)C(Cc2ccccc2)OS(=O)(=O)c2ccc([N+](=O)[O-])cc2)cc1. The molecule has 11 heteroatoms. The van der Waals surface area contributed by atoms with Crippen LogP contribution in [0.1, 0.15) is 15.9 Å². The first kappa shape index (κ1) is 23.6. The van der Waals surface area contributed by atoms with E-state index in [9.17, 15) is 28.1 Å². The number of hydrogen-bond donors (Lipinski definition) is 2. The number of aromatic carboxylic acids is 1. The van der Waals surface area contributed by atoms with Crippen molar-refractivity contribution in [3.8, 4) is 0 Å². The molecule has 0 saturated carbocycles. The number of carboxylic acids is 1. The van der Waals surface area contributed by atoms with Gasteiger partial charge in [-0.1, -0.05) is 30.3 Å². The van der Waals surface area contributed by atoms with Gasteiger partial charge in [-0.2, -0.15) is 8.42 Å². The minimum atomic E-state index is -4.44. The summed E-state index contributed by atoms with van der Waals surface area (Å²) in [5.74, 6) is -1.90. The second-order valence-corrected chi connectivity index (χ2v) is 8.42. The number of nitro groups is 1. The van der Waals surface area contributed by atoms with Crippen LogP contribution >= 0.6 is 0 Å². The van der Waals surface area contributed by atoms with Crippen LogP contribution in [0.5, 0.6) is 0 Å². The van der Waals surface area contributed by atoms with Crippen LogP contribution in [0, 0.1) is 10.1 Å². The number of nitrogens with zero attached hydrogens (tertiary/aromatic N) is 1. The van der Waals surface area contributed by atoms with Crippen LogP contribution in [-0.2, 0) is 25.5 Å². The highest BCUT2D eigenvalue weighted by Gasteiger charge is 2.28. The van der Waals surface area contributed by atoms with Crippen molar-refractivity contribution >= 4 is 33.4 Å². The Labute approximate surface area is 188 Å². The minimum absolute atomic E-state index is 0.0193. The largest absolute Gasteiger partial charge is 0.478 e. The standard InChI is InChI=1S/C22H18N2O8S/c25-21(23-17-8-6-16(7-9-17)22(26)27)20(14-15-4-2-1-3-5-15)32-33(30,31)19-12-10-18(11-13-19)24(28)29/h1-13,20H,14H2,(H,23,25)(H,26,27). The molecular formula is C22H18N2O8S. The molecule has 3 aromatic rings. The number of carboxylic acid groups (broad SMARTS) is 1. The van der Waals surface area contributed by atoms with E-state index in [1.807, 2.05) is 0 Å². The van der Waals surface area contributed by atoms with Gasteiger partial charge >= 0.3 is 5.97 Å². The summed E-state index contributed by atoms with van der Waals surface area (Å²) in [5.41, 5.74) is 0.611. The third-order valence-corrected chi connectivity index (χ3v) is 5.87. The summed E-state index contributed by atoms with van der Waals surface area (Å²) in [4.78, 5) is 33.7. The van der Waals surface area contributed by atoms with Crippen LogP contribution < -0.4 is 5.32 Å². The Morgan fingerprint density at radius 3 is 2.12 bits per heavy atom. The zero-order valence-corrected chi connectivity index (χ0v) is 17.8. The number of amides is 1. The van der Waals surface area contributed by atoms with E-state index in [-0.39, 0.29) is 28.3 Å². The number of nitro benzene ring substituents is 1. The van der Waals surface area contributed by atoms with Crippen molar-refractivity contribution < 1.29 is 32.2 Å². The summed E-state index contributed by atoms with van der Waals surface area (Å²) < 4.78 is 30.7. The number of carbonyl (C=O) groups is 2. The Balaban J connectivity index is 1.84. The van der Waals surface area contributed by atoms with Crippen molar-refractivity contribution in [2.24, 2.45) is 0 Å². The number of anilines is 1. The molecule has 0 saturated heterocycles. The molecule has 0 aliphatic heterocycles. The lowest BCUT2D eigenvalue weighted by Gasteiger charge is -2.18. The van der Waals surface area contributed by atoms with Crippen molar-refractivity contribution in [2.45, 2.75) is 17.4 Å². The lowest BCUT2D eigenvalue weighted by molar-refractivity contribution is -0.384. The first-order valence-electron chi connectivity index (χ1n) is 9.51. The maximum absolute atomic E-state index is 12.9. The monoisotopic (exact) mass is 470 g/mol. The van der Waals surface area contributed by atoms with E-state index < -0.39 is 33.0 Å². The fraction of sp³-hybridized carbons (Fsp3) is 0.0909. The maximum atomic E-state index is 12.9. The fourth-order valence-corrected chi connectivity index (χ4v) is 3.90. The zero-order valence-electron chi connectivity index (χ0n) is 17.0. The molecule has 0 spiro atoms. The van der Waals surface area contributed by atoms with Crippen LogP contribution in [0.3, 0.4) is 0 Å². The van der Waals surface area contributed by atoms with Crippen molar-refractivity contribution in [1.82, 2.24) is 0 Å². The van der Waals surface area contributed by atoms with Gasteiger partial charge in [0.05, 0.1) is 15.4 Å². The molecule has 0 heterocycles. The van der Waals surface area contributed by atoms with Gasteiger partial charge in [0.15, 0.2) is 6.10 Å². The third-order valence-electron chi connectivity index (χ3n) is 4.53. The van der Waals surface area contributed by atoms with E-state index in [1.165, 1.54) is 24.3 Å². The highest BCUT2D eigenvalue weighted by Crippen LogP contribution is 2.21. The van der Waals surface area contributed by atoms with Crippen LogP contribution in [0.2, 0.25) is 0 Å². The molecule has 1 unspecified atom stereocenters. The van der Waals surface area contributed by atoms with Gasteiger partial charge in [-0.3, -0.25) is 19.1 Å². The normalized spacial score (nSPS) is 12.0. The lowest BCUT2D eigenvalue weighted by atomic mass is 10.1. The zero-order chi connectivity index (χ0) is 24.0. The number of non-ortho nitro benzene ring substituents is 1. The molecule has 0 aliphatic rings. The van der Waals surface area contributed by atoms with Gasteiger partial charge in [0.25, 0.3) is 21.7 Å². The molecule has 170 valence electrons. The predicted molar refractivity (Wildman–Crippen MR) is 117 cm³/mol. The van der Waals surface area contributed by atoms with Crippen LogP contribution in [-0.4, -0.2) is 36.4 Å². The molecular weight excluding hydrogens is 452 g/mol. The van der Waals surface area contributed by atoms with Gasteiger partial charge < -0.3 is 10.4 Å². The van der Waals surface area contributed by atoms with E-state index >= 15 is 0 Å². The van der Waals surface area contributed by atoms with Gasteiger partial charge in [0.2, 0.25) is 0 Å². The Morgan fingerprint density at radius 2 is 1.58 bits per heavy atom. The molecule has 0 radical (unpaired) electrons. The highest BCUT2D eigenvalue weighted by molar-refractivity contribution is 7.86. The van der Waals surface area contributed by atoms with Crippen molar-refractivity contribution in [3.05, 3.63) is 100 Å². The molecule has 0 fully saturated rings.